The van der Waals surface area contributed by atoms with Crippen molar-refractivity contribution in [3.63, 3.8) is 0 Å². The third kappa shape index (κ3) is 3.05. The summed E-state index contributed by atoms with van der Waals surface area (Å²) >= 11 is 0. The molecule has 0 fully saturated rings. The average Bonchev–Trinajstić information content (AvgIpc) is 2.76. The molecule has 1 aromatic heterocycles. The number of hydrogen-bond acceptors (Lipinski definition) is 3. The number of benzene rings is 2. The van der Waals surface area contributed by atoms with Crippen LogP contribution < -0.4 is 4.72 Å². The zero-order chi connectivity index (χ0) is 14.9. The van der Waals surface area contributed by atoms with Gasteiger partial charge in [-0.25, -0.2) is 13.4 Å². The van der Waals surface area contributed by atoms with Gasteiger partial charge in [0.1, 0.15) is 0 Å². The van der Waals surface area contributed by atoms with Crippen LogP contribution >= 0.6 is 0 Å². The fourth-order valence-corrected chi connectivity index (χ4v) is 2.73. The number of hydrogen-bond donors (Lipinski definition) is 1. The summed E-state index contributed by atoms with van der Waals surface area (Å²) in [5.41, 5.74) is 2.74. The normalized spacial score (nSPS) is 11.7. The molecule has 2 aromatic carbocycles. The molecule has 0 saturated carbocycles. The minimum atomic E-state index is -3.37. The molecule has 0 aliphatic rings. The van der Waals surface area contributed by atoms with E-state index in [1.807, 2.05) is 59.2 Å². The zero-order valence-corrected chi connectivity index (χ0v) is 12.3. The molecule has 0 aliphatic carbocycles. The van der Waals surface area contributed by atoms with Crippen LogP contribution in [0.3, 0.4) is 0 Å². The van der Waals surface area contributed by atoms with Crippen LogP contribution in [0.15, 0.2) is 54.6 Å². The van der Waals surface area contributed by atoms with Gasteiger partial charge in [0.15, 0.2) is 0 Å². The van der Waals surface area contributed by atoms with Crippen molar-refractivity contribution < 1.29 is 8.42 Å². The van der Waals surface area contributed by atoms with Crippen LogP contribution in [0.4, 0.5) is 5.95 Å². The number of imidazole rings is 1. The number of sulfonamides is 1. The van der Waals surface area contributed by atoms with E-state index in [0.29, 0.717) is 12.5 Å². The van der Waals surface area contributed by atoms with Crippen LogP contribution in [0.2, 0.25) is 0 Å². The Kier molecular flexibility index (Phi) is 3.39. The smallest absolute Gasteiger partial charge is 0.232 e. The Bertz CT molecular complexity index is 870. The molecule has 3 aromatic rings. The van der Waals surface area contributed by atoms with Gasteiger partial charge >= 0.3 is 0 Å². The van der Waals surface area contributed by atoms with Gasteiger partial charge in [-0.3, -0.25) is 4.72 Å². The molecule has 0 spiro atoms. The lowest BCUT2D eigenvalue weighted by molar-refractivity contribution is 0.606. The highest BCUT2D eigenvalue weighted by Crippen LogP contribution is 2.21. The third-order valence-corrected chi connectivity index (χ3v) is 3.67. The highest BCUT2D eigenvalue weighted by molar-refractivity contribution is 7.92. The first kappa shape index (κ1) is 13.6. The summed E-state index contributed by atoms with van der Waals surface area (Å²) in [7, 11) is -3.37. The van der Waals surface area contributed by atoms with Gasteiger partial charge in [0.05, 0.1) is 23.8 Å². The number of fused-ring (bicyclic) bond motifs is 1. The minimum absolute atomic E-state index is 0.336. The Morgan fingerprint density at radius 2 is 1.71 bits per heavy atom. The fraction of sp³-hybridized carbons (Fsp3) is 0.133. The lowest BCUT2D eigenvalue weighted by Gasteiger charge is -2.09. The van der Waals surface area contributed by atoms with Crippen molar-refractivity contribution >= 4 is 27.0 Å². The largest absolute Gasteiger partial charge is 0.305 e. The quantitative estimate of drug-likeness (QED) is 0.805. The van der Waals surface area contributed by atoms with E-state index >= 15 is 0 Å². The molecule has 108 valence electrons. The molecule has 0 saturated heterocycles. The molecule has 5 nitrogen and oxygen atoms in total. The van der Waals surface area contributed by atoms with Crippen molar-refractivity contribution in [3.8, 4) is 0 Å². The Labute approximate surface area is 123 Å². The number of rotatable bonds is 4. The number of anilines is 1. The first-order valence-electron chi connectivity index (χ1n) is 6.50. The first-order valence-corrected chi connectivity index (χ1v) is 8.39. The summed E-state index contributed by atoms with van der Waals surface area (Å²) in [6.45, 7) is 0.555. The monoisotopic (exact) mass is 301 g/mol. The topological polar surface area (TPSA) is 64.0 Å². The Morgan fingerprint density at radius 3 is 2.43 bits per heavy atom. The maximum atomic E-state index is 11.5. The molecule has 0 bridgehead atoms. The molecule has 21 heavy (non-hydrogen) atoms. The van der Waals surface area contributed by atoms with E-state index in [1.165, 1.54) is 0 Å². The molecule has 0 unspecified atom stereocenters. The highest BCUT2D eigenvalue weighted by Gasteiger charge is 2.13. The average molecular weight is 301 g/mol. The SMILES string of the molecule is CS(=O)(=O)Nc1nc2ccccc2n1Cc1ccccc1. The van der Waals surface area contributed by atoms with Crippen LogP contribution in [0.5, 0.6) is 0 Å². The summed E-state index contributed by atoms with van der Waals surface area (Å²) in [6.07, 6.45) is 1.12. The van der Waals surface area contributed by atoms with E-state index in [1.54, 1.807) is 0 Å². The van der Waals surface area contributed by atoms with E-state index in [4.69, 9.17) is 0 Å². The molecule has 0 radical (unpaired) electrons. The molecule has 1 N–H and O–H groups in total. The van der Waals surface area contributed by atoms with Gasteiger partial charge in [0, 0.05) is 0 Å². The summed E-state index contributed by atoms with van der Waals surface area (Å²) in [5.74, 6) is 0.336. The fourth-order valence-electron chi connectivity index (χ4n) is 2.25. The Balaban J connectivity index is 2.11. The van der Waals surface area contributed by atoms with Crippen molar-refractivity contribution in [3.05, 3.63) is 60.2 Å². The van der Waals surface area contributed by atoms with Crippen molar-refractivity contribution in [2.75, 3.05) is 11.0 Å². The predicted octanol–water partition coefficient (Wildman–Crippen LogP) is 2.46. The van der Waals surface area contributed by atoms with Crippen LogP contribution in [0, 0.1) is 0 Å². The molecular weight excluding hydrogens is 286 g/mol. The van der Waals surface area contributed by atoms with E-state index in [9.17, 15) is 8.42 Å². The number of aromatic nitrogens is 2. The van der Waals surface area contributed by atoms with Gasteiger partial charge in [-0.15, -0.1) is 0 Å². The van der Waals surface area contributed by atoms with Gasteiger partial charge < -0.3 is 4.57 Å². The summed E-state index contributed by atoms with van der Waals surface area (Å²) in [6, 6.07) is 17.4. The van der Waals surface area contributed by atoms with Gasteiger partial charge in [0.2, 0.25) is 16.0 Å². The molecule has 1 heterocycles. The summed E-state index contributed by atoms with van der Waals surface area (Å²) in [5, 5.41) is 0. The second-order valence-corrected chi connectivity index (χ2v) is 6.62. The molecule has 0 aliphatic heterocycles. The van der Waals surface area contributed by atoms with Gasteiger partial charge in [-0.05, 0) is 17.7 Å². The first-order chi connectivity index (χ1) is 10.0. The summed E-state index contributed by atoms with van der Waals surface area (Å²) in [4.78, 5) is 4.37. The lowest BCUT2D eigenvalue weighted by Crippen LogP contribution is -2.14. The molecule has 0 atom stereocenters. The van der Waals surface area contributed by atoms with Crippen molar-refractivity contribution in [1.82, 2.24) is 9.55 Å². The second-order valence-electron chi connectivity index (χ2n) is 4.87. The molecular formula is C15H15N3O2S. The lowest BCUT2D eigenvalue weighted by atomic mass is 10.2. The molecule has 0 amide bonds. The Morgan fingerprint density at radius 1 is 1.05 bits per heavy atom. The predicted molar refractivity (Wildman–Crippen MR) is 83.7 cm³/mol. The van der Waals surface area contributed by atoms with Crippen LogP contribution in [0.1, 0.15) is 5.56 Å². The third-order valence-electron chi connectivity index (χ3n) is 3.11. The van der Waals surface area contributed by atoms with E-state index in [0.717, 1.165) is 22.9 Å². The van der Waals surface area contributed by atoms with E-state index in [-0.39, 0.29) is 0 Å². The number of nitrogens with zero attached hydrogens (tertiary/aromatic N) is 2. The maximum absolute atomic E-state index is 11.5. The minimum Gasteiger partial charge on any atom is -0.305 e. The van der Waals surface area contributed by atoms with Gasteiger partial charge in [-0.2, -0.15) is 0 Å². The van der Waals surface area contributed by atoms with Crippen LogP contribution in [-0.2, 0) is 16.6 Å². The summed E-state index contributed by atoms with van der Waals surface area (Å²) < 4.78 is 27.4. The van der Waals surface area contributed by atoms with Crippen molar-refractivity contribution in [2.45, 2.75) is 6.54 Å². The number of nitrogens with one attached hydrogen (secondary N) is 1. The van der Waals surface area contributed by atoms with Crippen LogP contribution in [-0.4, -0.2) is 24.2 Å². The second kappa shape index (κ2) is 5.21. The van der Waals surface area contributed by atoms with Gasteiger partial charge in [-0.1, -0.05) is 42.5 Å². The van der Waals surface area contributed by atoms with E-state index in [2.05, 4.69) is 9.71 Å². The highest BCUT2D eigenvalue weighted by atomic mass is 32.2. The van der Waals surface area contributed by atoms with Crippen molar-refractivity contribution in [2.24, 2.45) is 0 Å². The molecule has 3 rings (SSSR count). The standard InChI is InChI=1S/C15H15N3O2S/c1-21(19,20)17-15-16-13-9-5-6-10-14(13)18(15)11-12-7-3-2-4-8-12/h2-10H,11H2,1H3,(H,16,17). The maximum Gasteiger partial charge on any atom is 0.232 e. The van der Waals surface area contributed by atoms with E-state index < -0.39 is 10.0 Å². The molecule has 6 heteroatoms. The van der Waals surface area contributed by atoms with Gasteiger partial charge in [0.25, 0.3) is 0 Å². The van der Waals surface area contributed by atoms with Crippen LogP contribution in [0.25, 0.3) is 11.0 Å². The number of para-hydroxylation sites is 2. The zero-order valence-electron chi connectivity index (χ0n) is 11.5. The Hall–Kier alpha value is -2.34. The van der Waals surface area contributed by atoms with Crippen molar-refractivity contribution in [1.29, 1.82) is 0 Å².